The minimum Gasteiger partial charge on any atom is -0.323 e. The van der Waals surface area contributed by atoms with Crippen LogP contribution in [-0.4, -0.2) is 10.5 Å². The zero-order chi connectivity index (χ0) is 19.0. The van der Waals surface area contributed by atoms with E-state index in [-0.39, 0.29) is 12.5 Å². The zero-order valence-corrected chi connectivity index (χ0v) is 16.7. The van der Waals surface area contributed by atoms with Gasteiger partial charge < -0.3 is 5.32 Å². The van der Waals surface area contributed by atoms with Gasteiger partial charge in [-0.2, -0.15) is 0 Å². The second-order valence-electron chi connectivity index (χ2n) is 6.50. The molecular formula is C20H17Cl3N3O+. The van der Waals surface area contributed by atoms with Gasteiger partial charge in [-0.05, 0) is 48.9 Å². The molecule has 3 aromatic rings. The highest BCUT2D eigenvalue weighted by molar-refractivity contribution is 6.42. The minimum atomic E-state index is -0.0803. The van der Waals surface area contributed by atoms with E-state index in [0.717, 1.165) is 42.2 Å². The molecule has 4 rings (SSSR count). The fourth-order valence-electron chi connectivity index (χ4n) is 3.42. The fraction of sp³-hybridized carbons (Fsp3) is 0.200. The molecular weight excluding hydrogens is 405 g/mol. The van der Waals surface area contributed by atoms with Gasteiger partial charge in [0.2, 0.25) is 0 Å². The van der Waals surface area contributed by atoms with Gasteiger partial charge in [-0.1, -0.05) is 34.8 Å². The van der Waals surface area contributed by atoms with Crippen LogP contribution >= 0.6 is 34.8 Å². The van der Waals surface area contributed by atoms with E-state index in [9.17, 15) is 4.79 Å². The number of anilines is 1. The monoisotopic (exact) mass is 420 g/mol. The van der Waals surface area contributed by atoms with Crippen molar-refractivity contribution in [2.75, 3.05) is 5.32 Å². The van der Waals surface area contributed by atoms with Crippen LogP contribution in [0.5, 0.6) is 0 Å². The molecule has 0 saturated carbocycles. The first-order chi connectivity index (χ1) is 13.0. The van der Waals surface area contributed by atoms with Gasteiger partial charge in [-0.3, -0.25) is 4.79 Å². The van der Waals surface area contributed by atoms with Crippen LogP contribution in [-0.2, 0) is 24.3 Å². The molecule has 0 saturated heterocycles. The smallest absolute Gasteiger partial charge is 0.266 e. The summed E-state index contributed by atoms with van der Waals surface area (Å²) in [6.07, 6.45) is 4.01. The Morgan fingerprint density at radius 1 is 1.07 bits per heavy atom. The van der Waals surface area contributed by atoms with Crippen molar-refractivity contribution in [2.24, 2.45) is 0 Å². The van der Waals surface area contributed by atoms with Crippen LogP contribution in [0.4, 0.5) is 5.69 Å². The normalized spacial score (nSPS) is 12.9. The summed E-state index contributed by atoms with van der Waals surface area (Å²) < 4.78 is 4.26. The summed E-state index contributed by atoms with van der Waals surface area (Å²) >= 11 is 18.1. The molecule has 138 valence electrons. The van der Waals surface area contributed by atoms with Crippen LogP contribution in [0, 0.1) is 0 Å². The Kier molecular flexibility index (Phi) is 5.13. The van der Waals surface area contributed by atoms with Gasteiger partial charge in [0.25, 0.3) is 11.7 Å². The maximum atomic E-state index is 12.5. The van der Waals surface area contributed by atoms with Gasteiger partial charge in [-0.15, -0.1) is 0 Å². The minimum absolute atomic E-state index is 0.0803. The maximum absolute atomic E-state index is 12.5. The van der Waals surface area contributed by atoms with Crippen LogP contribution in [0.15, 0.2) is 48.7 Å². The molecule has 0 bridgehead atoms. The number of aromatic nitrogens is 2. The second kappa shape index (κ2) is 7.55. The van der Waals surface area contributed by atoms with E-state index in [0.29, 0.717) is 15.1 Å². The highest BCUT2D eigenvalue weighted by Gasteiger charge is 2.29. The number of nitrogens with zero attached hydrogens (tertiary/aromatic N) is 2. The van der Waals surface area contributed by atoms with Crippen molar-refractivity contribution in [1.29, 1.82) is 0 Å². The molecule has 7 heteroatoms. The Morgan fingerprint density at radius 3 is 2.59 bits per heavy atom. The topological polar surface area (TPSA) is 37.9 Å². The van der Waals surface area contributed by atoms with E-state index in [2.05, 4.69) is 9.88 Å². The highest BCUT2D eigenvalue weighted by Crippen LogP contribution is 2.30. The van der Waals surface area contributed by atoms with Crippen LogP contribution in [0.1, 0.15) is 12.2 Å². The van der Waals surface area contributed by atoms with E-state index in [1.807, 2.05) is 22.9 Å². The van der Waals surface area contributed by atoms with Gasteiger partial charge in [-0.25, -0.2) is 9.13 Å². The molecule has 4 nitrogen and oxygen atoms in total. The van der Waals surface area contributed by atoms with Gasteiger partial charge >= 0.3 is 0 Å². The molecule has 1 amide bonds. The molecule has 1 N–H and O–H groups in total. The number of halogens is 3. The summed E-state index contributed by atoms with van der Waals surface area (Å²) in [4.78, 5) is 12.5. The molecule has 0 aliphatic carbocycles. The first-order valence-corrected chi connectivity index (χ1v) is 9.77. The number of amides is 1. The van der Waals surface area contributed by atoms with Crippen molar-refractivity contribution in [3.63, 3.8) is 0 Å². The Hall–Kier alpha value is -2.01. The third-order valence-corrected chi connectivity index (χ3v) is 5.64. The first-order valence-electron chi connectivity index (χ1n) is 8.64. The molecule has 0 atom stereocenters. The average Bonchev–Trinajstić information content (AvgIpc) is 3.23. The first kappa shape index (κ1) is 18.4. The molecule has 2 heterocycles. The third-order valence-electron chi connectivity index (χ3n) is 4.65. The predicted octanol–water partition coefficient (Wildman–Crippen LogP) is 4.99. The molecule has 2 aromatic carbocycles. The van der Waals surface area contributed by atoms with E-state index < -0.39 is 0 Å². The third kappa shape index (κ3) is 3.84. The van der Waals surface area contributed by atoms with Crippen LogP contribution in [0.25, 0.3) is 11.3 Å². The fourth-order valence-corrected chi connectivity index (χ4v) is 3.84. The Labute approximate surface area is 172 Å². The standard InChI is InChI=1S/C20H16Cl3N3O/c21-14-4-6-15(7-5-14)24-19(27)12-25-11-18(26-9-1-2-20(25)26)13-3-8-16(22)17(23)10-13/h3-8,10-11H,1-2,9,12H2/p+1. The molecule has 1 aliphatic heterocycles. The SMILES string of the molecule is O=C(C[n+]1cc(-c2ccc(Cl)c(Cl)c2)n2c1CCC2)Nc1ccc(Cl)cc1. The van der Waals surface area contributed by atoms with Gasteiger partial charge in [0.05, 0.1) is 23.0 Å². The second-order valence-corrected chi connectivity index (χ2v) is 7.75. The van der Waals surface area contributed by atoms with Crippen molar-refractivity contribution in [3.05, 3.63) is 69.6 Å². The number of fused-ring (bicyclic) bond motifs is 1. The highest BCUT2D eigenvalue weighted by atomic mass is 35.5. The lowest BCUT2D eigenvalue weighted by Gasteiger charge is -2.04. The average molecular weight is 422 g/mol. The number of hydrogen-bond donors (Lipinski definition) is 1. The summed E-state index contributed by atoms with van der Waals surface area (Å²) in [5.74, 6) is 1.06. The van der Waals surface area contributed by atoms with Crippen molar-refractivity contribution in [1.82, 2.24) is 4.57 Å². The molecule has 0 spiro atoms. The van der Waals surface area contributed by atoms with Crippen molar-refractivity contribution in [3.8, 4) is 11.3 Å². The van der Waals surface area contributed by atoms with E-state index in [4.69, 9.17) is 34.8 Å². The maximum Gasteiger partial charge on any atom is 0.266 e. The molecule has 0 radical (unpaired) electrons. The van der Waals surface area contributed by atoms with Crippen LogP contribution in [0.3, 0.4) is 0 Å². The Balaban J connectivity index is 1.59. The number of imidazole rings is 1. The molecule has 1 aliphatic rings. The molecule has 27 heavy (non-hydrogen) atoms. The van der Waals surface area contributed by atoms with E-state index in [1.54, 1.807) is 30.3 Å². The molecule has 1 aromatic heterocycles. The summed E-state index contributed by atoms with van der Waals surface area (Å²) in [5.41, 5.74) is 2.76. The molecule has 0 fully saturated rings. The van der Waals surface area contributed by atoms with E-state index in [1.165, 1.54) is 0 Å². The zero-order valence-electron chi connectivity index (χ0n) is 14.4. The molecule has 0 unspecified atom stereocenters. The largest absolute Gasteiger partial charge is 0.323 e. The quantitative estimate of drug-likeness (QED) is 0.592. The summed E-state index contributed by atoms with van der Waals surface area (Å²) in [6, 6.07) is 12.7. The number of rotatable bonds is 4. The van der Waals surface area contributed by atoms with Crippen molar-refractivity contribution < 1.29 is 9.36 Å². The predicted molar refractivity (Wildman–Crippen MR) is 108 cm³/mol. The van der Waals surface area contributed by atoms with E-state index >= 15 is 0 Å². The lowest BCUT2D eigenvalue weighted by Crippen LogP contribution is -2.42. The summed E-state index contributed by atoms with van der Waals surface area (Å²) in [6.45, 7) is 1.18. The van der Waals surface area contributed by atoms with Crippen LogP contribution in [0.2, 0.25) is 15.1 Å². The van der Waals surface area contributed by atoms with Gasteiger partial charge in [0.15, 0.2) is 12.2 Å². The van der Waals surface area contributed by atoms with Gasteiger partial charge in [0, 0.05) is 16.3 Å². The number of benzene rings is 2. The van der Waals surface area contributed by atoms with Gasteiger partial charge in [0.1, 0.15) is 6.20 Å². The number of hydrogen-bond acceptors (Lipinski definition) is 1. The lowest BCUT2D eigenvalue weighted by atomic mass is 10.1. The summed E-state index contributed by atoms with van der Waals surface area (Å²) in [7, 11) is 0. The Morgan fingerprint density at radius 2 is 1.85 bits per heavy atom. The Bertz CT molecular complexity index is 1010. The lowest BCUT2D eigenvalue weighted by molar-refractivity contribution is -0.690. The summed E-state index contributed by atoms with van der Waals surface area (Å²) in [5, 5.41) is 4.60. The van der Waals surface area contributed by atoms with Crippen LogP contribution < -0.4 is 9.88 Å². The van der Waals surface area contributed by atoms with Crippen molar-refractivity contribution >= 4 is 46.4 Å². The number of nitrogens with one attached hydrogen (secondary N) is 1. The number of carbonyl (C=O) groups is 1. The van der Waals surface area contributed by atoms with Crippen molar-refractivity contribution in [2.45, 2.75) is 25.9 Å². The number of carbonyl (C=O) groups excluding carboxylic acids is 1.